The van der Waals surface area contributed by atoms with E-state index in [-0.39, 0.29) is 18.5 Å². The molecule has 0 N–H and O–H groups in total. The second-order valence-corrected chi connectivity index (χ2v) is 6.74. The molecule has 6 heteroatoms. The molecule has 3 rings (SSSR count). The number of nitrogens with zero attached hydrogens (tertiary/aromatic N) is 1. The van der Waals surface area contributed by atoms with Crippen LogP contribution in [0.15, 0.2) is 42.3 Å². The molecule has 1 aromatic heterocycles. The Balaban J connectivity index is 0.00000176. The van der Waals surface area contributed by atoms with Gasteiger partial charge in [0.1, 0.15) is 11.9 Å². The monoisotopic (exact) mass is 375 g/mol. The first kappa shape index (κ1) is 17.6. The summed E-state index contributed by atoms with van der Waals surface area (Å²) in [6.07, 6.45) is 1.94. The van der Waals surface area contributed by atoms with Crippen LogP contribution in [0, 0.1) is 0 Å². The normalized spacial score (nSPS) is 17.5. The van der Waals surface area contributed by atoms with Gasteiger partial charge in [0.25, 0.3) is 0 Å². The van der Waals surface area contributed by atoms with Crippen molar-refractivity contribution in [2.75, 3.05) is 13.1 Å². The molecule has 2 nitrogen and oxygen atoms in total. The zero-order valence-corrected chi connectivity index (χ0v) is 14.9. The average Bonchev–Trinajstić information content (AvgIpc) is 2.92. The molecule has 1 unspecified atom stereocenters. The minimum absolute atomic E-state index is 0. The zero-order chi connectivity index (χ0) is 14.8. The van der Waals surface area contributed by atoms with Crippen molar-refractivity contribution >= 4 is 46.9 Å². The lowest BCUT2D eigenvalue weighted by atomic mass is 10.1. The summed E-state index contributed by atoms with van der Waals surface area (Å²) in [6, 6.07) is 7.55. The van der Waals surface area contributed by atoms with Crippen LogP contribution in [0.3, 0.4) is 0 Å². The summed E-state index contributed by atoms with van der Waals surface area (Å²) in [5.41, 5.74) is 1.33. The van der Waals surface area contributed by atoms with E-state index in [9.17, 15) is 0 Å². The molecule has 1 aliphatic rings. The first-order valence-electron chi connectivity index (χ1n) is 6.68. The van der Waals surface area contributed by atoms with Gasteiger partial charge in [-0.3, -0.25) is 4.90 Å². The number of fused-ring (bicyclic) bond motifs is 1. The third kappa shape index (κ3) is 3.79. The second-order valence-electron chi connectivity index (χ2n) is 4.98. The van der Waals surface area contributed by atoms with Gasteiger partial charge in [-0.1, -0.05) is 29.3 Å². The van der Waals surface area contributed by atoms with E-state index in [1.54, 1.807) is 23.5 Å². The molecule has 0 fully saturated rings. The summed E-state index contributed by atoms with van der Waals surface area (Å²) in [7, 11) is 0. The van der Waals surface area contributed by atoms with Crippen LogP contribution in [-0.4, -0.2) is 18.0 Å². The van der Waals surface area contributed by atoms with Crippen molar-refractivity contribution in [1.82, 2.24) is 4.90 Å². The highest BCUT2D eigenvalue weighted by molar-refractivity contribution is 7.10. The predicted molar refractivity (Wildman–Crippen MR) is 96.9 cm³/mol. The number of benzene rings is 1. The number of ether oxygens (including phenoxy) is 1. The van der Waals surface area contributed by atoms with Gasteiger partial charge < -0.3 is 4.74 Å². The van der Waals surface area contributed by atoms with Crippen LogP contribution in [0.2, 0.25) is 10.0 Å². The Bertz CT molecular complexity index is 659. The second kappa shape index (κ2) is 7.71. The fourth-order valence-corrected chi connectivity index (χ4v) is 3.74. The zero-order valence-electron chi connectivity index (χ0n) is 11.8. The lowest BCUT2D eigenvalue weighted by molar-refractivity contribution is 0.123. The maximum atomic E-state index is 6.14. The van der Waals surface area contributed by atoms with Gasteiger partial charge >= 0.3 is 0 Å². The molecule has 1 aliphatic heterocycles. The number of rotatable bonds is 4. The highest BCUT2D eigenvalue weighted by atomic mass is 35.5. The van der Waals surface area contributed by atoms with Crippen molar-refractivity contribution in [3.8, 4) is 5.75 Å². The summed E-state index contributed by atoms with van der Waals surface area (Å²) < 4.78 is 6.14. The Hall–Kier alpha value is -0.710. The highest BCUT2D eigenvalue weighted by Crippen LogP contribution is 2.35. The molecule has 0 bridgehead atoms. The topological polar surface area (TPSA) is 12.5 Å². The molecule has 0 radical (unpaired) electrons. The molecule has 0 spiro atoms. The number of thiophene rings is 1. The van der Waals surface area contributed by atoms with Gasteiger partial charge in [-0.15, -0.1) is 30.3 Å². The van der Waals surface area contributed by atoms with Gasteiger partial charge in [0, 0.05) is 25.7 Å². The molecule has 2 heterocycles. The summed E-state index contributed by atoms with van der Waals surface area (Å²) in [4.78, 5) is 3.62. The van der Waals surface area contributed by atoms with Crippen molar-refractivity contribution in [3.63, 3.8) is 0 Å². The van der Waals surface area contributed by atoms with Gasteiger partial charge in [-0.05, 0) is 29.1 Å². The van der Waals surface area contributed by atoms with E-state index in [0.29, 0.717) is 10.0 Å². The molecule has 0 saturated heterocycles. The molecule has 118 valence electrons. The van der Waals surface area contributed by atoms with E-state index in [1.165, 1.54) is 10.4 Å². The fraction of sp³-hybridized carbons (Fsp3) is 0.250. The molecule has 0 amide bonds. The summed E-state index contributed by atoms with van der Waals surface area (Å²) in [5, 5.41) is 3.17. The van der Waals surface area contributed by atoms with E-state index >= 15 is 0 Å². The fourth-order valence-electron chi connectivity index (χ4n) is 2.51. The molecule has 1 atom stereocenters. The van der Waals surface area contributed by atoms with Crippen LogP contribution in [0.5, 0.6) is 5.75 Å². The van der Waals surface area contributed by atoms with Crippen LogP contribution < -0.4 is 4.74 Å². The summed E-state index contributed by atoms with van der Waals surface area (Å²) in [5.74, 6) is 0.745. The molecule has 0 saturated carbocycles. The molecular weight excluding hydrogens is 361 g/mol. The van der Waals surface area contributed by atoms with E-state index in [2.05, 4.69) is 22.9 Å². The van der Waals surface area contributed by atoms with Crippen LogP contribution >= 0.6 is 46.9 Å². The quantitative estimate of drug-likeness (QED) is 0.644. The highest BCUT2D eigenvalue weighted by Gasteiger charge is 2.27. The lowest BCUT2D eigenvalue weighted by Gasteiger charge is -2.32. The van der Waals surface area contributed by atoms with Crippen molar-refractivity contribution in [2.45, 2.75) is 12.6 Å². The molecule has 1 aromatic carbocycles. The molecule has 2 aromatic rings. The van der Waals surface area contributed by atoms with Gasteiger partial charge in [0.05, 0.1) is 14.9 Å². The first-order chi connectivity index (χ1) is 10.2. The smallest absolute Gasteiger partial charge is 0.146 e. The Kier molecular flexibility index (Phi) is 6.18. The van der Waals surface area contributed by atoms with Crippen molar-refractivity contribution in [1.29, 1.82) is 0 Å². The number of hydrogen-bond donors (Lipinski definition) is 0. The maximum Gasteiger partial charge on any atom is 0.146 e. The van der Waals surface area contributed by atoms with E-state index in [1.807, 2.05) is 12.1 Å². The Morgan fingerprint density at radius 3 is 2.86 bits per heavy atom. The van der Waals surface area contributed by atoms with Crippen LogP contribution in [0.1, 0.15) is 16.5 Å². The van der Waals surface area contributed by atoms with Crippen LogP contribution in [0.25, 0.3) is 0 Å². The standard InChI is InChI=1S/C16H15Cl2NOS.ClH/c1-2-6-19-9-11-5-7-21-16(11)15(10-19)20-12-3-4-13(17)14(18)8-12;/h2-5,7-8,15H,1,6,9-10H2;1H. The minimum Gasteiger partial charge on any atom is -0.483 e. The molecule has 22 heavy (non-hydrogen) atoms. The predicted octanol–water partition coefficient (Wildman–Crippen LogP) is 5.60. The SMILES string of the molecule is C=CCN1Cc2ccsc2C(Oc2ccc(Cl)c(Cl)c2)C1.Cl. The van der Waals surface area contributed by atoms with Crippen molar-refractivity contribution in [2.24, 2.45) is 0 Å². The minimum atomic E-state index is 0. The number of halogens is 3. The summed E-state index contributed by atoms with van der Waals surface area (Å²) in [6.45, 7) is 6.47. The molecule has 0 aliphatic carbocycles. The first-order valence-corrected chi connectivity index (χ1v) is 8.32. The molecular formula is C16H16Cl3NOS. The van der Waals surface area contributed by atoms with E-state index < -0.39 is 0 Å². The average molecular weight is 377 g/mol. The van der Waals surface area contributed by atoms with Gasteiger partial charge in [0.15, 0.2) is 0 Å². The lowest BCUT2D eigenvalue weighted by Crippen LogP contribution is -2.35. The van der Waals surface area contributed by atoms with Crippen LogP contribution in [-0.2, 0) is 6.54 Å². The Morgan fingerprint density at radius 2 is 2.14 bits per heavy atom. The Labute approximate surface area is 150 Å². The van der Waals surface area contributed by atoms with Gasteiger partial charge in [0.2, 0.25) is 0 Å². The van der Waals surface area contributed by atoms with Crippen molar-refractivity contribution < 1.29 is 4.74 Å². The maximum absolute atomic E-state index is 6.14. The largest absolute Gasteiger partial charge is 0.483 e. The van der Waals surface area contributed by atoms with Gasteiger partial charge in [-0.25, -0.2) is 0 Å². The van der Waals surface area contributed by atoms with E-state index in [4.69, 9.17) is 27.9 Å². The van der Waals surface area contributed by atoms with Gasteiger partial charge in [-0.2, -0.15) is 0 Å². The summed E-state index contributed by atoms with van der Waals surface area (Å²) >= 11 is 13.7. The van der Waals surface area contributed by atoms with Crippen molar-refractivity contribution in [3.05, 3.63) is 62.8 Å². The third-order valence-electron chi connectivity index (χ3n) is 3.45. The third-order valence-corrected chi connectivity index (χ3v) is 5.24. The van der Waals surface area contributed by atoms with E-state index in [0.717, 1.165) is 25.4 Å². The number of hydrogen-bond acceptors (Lipinski definition) is 3. The Morgan fingerprint density at radius 1 is 1.32 bits per heavy atom. The van der Waals surface area contributed by atoms with Crippen LogP contribution in [0.4, 0.5) is 0 Å².